The number of carbonyl (C=O) groups excluding carboxylic acids is 4. The van der Waals surface area contributed by atoms with E-state index in [0.717, 1.165) is 4.90 Å². The number of aliphatic hydroxyl groups excluding tert-OH is 1. The van der Waals surface area contributed by atoms with Gasteiger partial charge in [0.15, 0.2) is 0 Å². The smallest absolute Gasteiger partial charge is 0.376 e. The van der Waals surface area contributed by atoms with Crippen molar-refractivity contribution in [3.8, 4) is 0 Å². The lowest BCUT2D eigenvalue weighted by atomic mass is 10.0. The van der Waals surface area contributed by atoms with Gasteiger partial charge in [-0.3, -0.25) is 38.0 Å². The van der Waals surface area contributed by atoms with Gasteiger partial charge in [0.1, 0.15) is 12.8 Å². The first-order valence-electron chi connectivity index (χ1n) is 9.22. The zero-order chi connectivity index (χ0) is 22.5. The lowest BCUT2D eigenvalue weighted by Crippen LogP contribution is -2.56. The summed E-state index contributed by atoms with van der Waals surface area (Å²) in [7, 11) is -3.69. The van der Waals surface area contributed by atoms with Crippen LogP contribution in [0, 0.1) is 0 Å². The molecular weight excluding hydrogens is 419 g/mol. The average molecular weight is 442 g/mol. The maximum atomic E-state index is 12.3. The Balaban J connectivity index is 0.000000303. The quantitative estimate of drug-likeness (QED) is 0.484. The van der Waals surface area contributed by atoms with E-state index in [-0.39, 0.29) is 37.2 Å². The molecule has 1 aromatic rings. The molecule has 0 spiro atoms. The van der Waals surface area contributed by atoms with Gasteiger partial charge >= 0.3 is 7.82 Å². The van der Waals surface area contributed by atoms with Gasteiger partial charge in [-0.2, -0.15) is 0 Å². The molecule has 1 saturated heterocycles. The van der Waals surface area contributed by atoms with Gasteiger partial charge in [-0.1, -0.05) is 12.1 Å². The maximum absolute atomic E-state index is 12.3. The Kier molecular flexibility index (Phi) is 7.99. The van der Waals surface area contributed by atoms with E-state index in [1.807, 2.05) is 0 Å². The Bertz CT molecular complexity index is 843. The van der Waals surface area contributed by atoms with Crippen LogP contribution in [0.3, 0.4) is 0 Å². The summed E-state index contributed by atoms with van der Waals surface area (Å²) < 4.78 is 19.2. The van der Waals surface area contributed by atoms with Crippen molar-refractivity contribution in [2.75, 3.05) is 19.9 Å². The molecule has 12 heteroatoms. The van der Waals surface area contributed by atoms with Crippen LogP contribution in [0.1, 0.15) is 47.4 Å². The Hall–Kier alpha value is -2.43. The van der Waals surface area contributed by atoms with Crippen molar-refractivity contribution in [1.29, 1.82) is 0 Å². The van der Waals surface area contributed by atoms with Crippen molar-refractivity contribution in [3.05, 3.63) is 35.4 Å². The summed E-state index contributed by atoms with van der Waals surface area (Å²) in [5.74, 6) is -2.30. The fourth-order valence-electron chi connectivity index (χ4n) is 3.06. The van der Waals surface area contributed by atoms with Gasteiger partial charge < -0.3 is 10.00 Å². The SMILES string of the molecule is CCOP(=O)(O)OCC.O=C1CCC(N2C(=O)c3ccccc3C2=O)C(=O)N1CO. The second kappa shape index (κ2) is 10.1. The normalized spacial score (nSPS) is 19.0. The largest absolute Gasteiger partial charge is 0.472 e. The molecule has 164 valence electrons. The summed E-state index contributed by atoms with van der Waals surface area (Å²) in [6, 6.07) is 5.29. The predicted octanol–water partition coefficient (Wildman–Crippen LogP) is 0.910. The fourth-order valence-corrected chi connectivity index (χ4v) is 3.79. The zero-order valence-corrected chi connectivity index (χ0v) is 17.4. The van der Waals surface area contributed by atoms with Crippen molar-refractivity contribution in [2.45, 2.75) is 32.7 Å². The Morgan fingerprint density at radius 1 is 1.03 bits per heavy atom. The fraction of sp³-hybridized carbons (Fsp3) is 0.444. The number of piperidine rings is 1. The average Bonchev–Trinajstić information content (AvgIpc) is 2.94. The van der Waals surface area contributed by atoms with Crippen LogP contribution in [0.4, 0.5) is 0 Å². The number of aliphatic hydroxyl groups is 1. The van der Waals surface area contributed by atoms with Gasteiger partial charge in [-0.15, -0.1) is 0 Å². The number of fused-ring (bicyclic) bond motifs is 1. The summed E-state index contributed by atoms with van der Waals surface area (Å²) >= 11 is 0. The minimum atomic E-state index is -3.69. The summed E-state index contributed by atoms with van der Waals surface area (Å²) in [5, 5.41) is 9.09. The molecule has 2 aliphatic heterocycles. The van der Waals surface area contributed by atoms with Crippen molar-refractivity contribution >= 4 is 31.5 Å². The number of nitrogens with zero attached hydrogens (tertiary/aromatic N) is 2. The number of rotatable bonds is 6. The summed E-state index contributed by atoms with van der Waals surface area (Å²) in [6.45, 7) is 2.88. The first-order valence-corrected chi connectivity index (χ1v) is 10.7. The number of benzene rings is 1. The summed E-state index contributed by atoms with van der Waals surface area (Å²) in [5.41, 5.74) is 0.505. The number of likely N-dealkylation sites (tertiary alicyclic amines) is 1. The topological polar surface area (TPSA) is 151 Å². The van der Waals surface area contributed by atoms with Gasteiger partial charge in [0.25, 0.3) is 17.7 Å². The first kappa shape index (κ1) is 23.8. The molecule has 4 amide bonds. The number of hydrogen-bond donors (Lipinski definition) is 2. The monoisotopic (exact) mass is 442 g/mol. The van der Waals surface area contributed by atoms with Crippen LogP contribution in [0.2, 0.25) is 0 Å². The third-order valence-corrected chi connectivity index (χ3v) is 5.52. The Morgan fingerprint density at radius 3 is 1.97 bits per heavy atom. The van der Waals surface area contributed by atoms with Gasteiger partial charge in [-0.25, -0.2) is 4.57 Å². The molecule has 0 bridgehead atoms. The molecule has 1 fully saturated rings. The van der Waals surface area contributed by atoms with Crippen molar-refractivity contribution in [1.82, 2.24) is 9.80 Å². The minimum Gasteiger partial charge on any atom is -0.376 e. The number of phosphoric ester groups is 1. The van der Waals surface area contributed by atoms with Gasteiger partial charge in [0, 0.05) is 6.42 Å². The van der Waals surface area contributed by atoms with Crippen LogP contribution < -0.4 is 0 Å². The Morgan fingerprint density at radius 2 is 1.53 bits per heavy atom. The molecule has 0 radical (unpaired) electrons. The van der Waals surface area contributed by atoms with Crippen LogP contribution in [-0.2, 0) is 23.2 Å². The summed E-state index contributed by atoms with van der Waals surface area (Å²) in [4.78, 5) is 58.5. The molecule has 1 aromatic carbocycles. The minimum absolute atomic E-state index is 0.00434. The third-order valence-electron chi connectivity index (χ3n) is 4.35. The van der Waals surface area contributed by atoms with Crippen LogP contribution >= 0.6 is 7.82 Å². The van der Waals surface area contributed by atoms with E-state index >= 15 is 0 Å². The highest BCUT2D eigenvalue weighted by molar-refractivity contribution is 7.47. The highest BCUT2D eigenvalue weighted by Gasteiger charge is 2.46. The van der Waals surface area contributed by atoms with E-state index < -0.39 is 44.2 Å². The number of imide groups is 2. The molecule has 30 heavy (non-hydrogen) atoms. The molecule has 1 unspecified atom stereocenters. The van der Waals surface area contributed by atoms with Crippen molar-refractivity contribution in [2.24, 2.45) is 0 Å². The number of amides is 4. The van der Waals surface area contributed by atoms with Crippen LogP contribution in [0.5, 0.6) is 0 Å². The van der Waals surface area contributed by atoms with Crippen LogP contribution in [0.25, 0.3) is 0 Å². The molecule has 0 aliphatic carbocycles. The molecule has 0 aromatic heterocycles. The molecule has 1 atom stereocenters. The lowest BCUT2D eigenvalue weighted by molar-refractivity contribution is -0.155. The van der Waals surface area contributed by atoms with Crippen LogP contribution in [0.15, 0.2) is 24.3 Å². The molecular formula is C18H23N2O9P. The van der Waals surface area contributed by atoms with Gasteiger partial charge in [0.05, 0.1) is 24.3 Å². The highest BCUT2D eigenvalue weighted by Crippen LogP contribution is 2.42. The van der Waals surface area contributed by atoms with Crippen molar-refractivity contribution < 1.29 is 42.8 Å². The molecule has 11 nitrogen and oxygen atoms in total. The van der Waals surface area contributed by atoms with E-state index in [2.05, 4.69) is 9.05 Å². The molecule has 0 saturated carbocycles. The molecule has 2 N–H and O–H groups in total. The van der Waals surface area contributed by atoms with E-state index in [0.29, 0.717) is 4.90 Å². The second-order valence-electron chi connectivity index (χ2n) is 6.19. The number of carbonyl (C=O) groups is 4. The van der Waals surface area contributed by atoms with Gasteiger partial charge in [-0.05, 0) is 32.4 Å². The number of phosphoric acid groups is 1. The molecule has 2 aliphatic rings. The first-order chi connectivity index (χ1) is 14.2. The number of hydrogen-bond acceptors (Lipinski definition) is 8. The van der Waals surface area contributed by atoms with E-state index in [1.54, 1.807) is 26.0 Å². The third kappa shape index (κ3) is 5.00. The lowest BCUT2D eigenvalue weighted by Gasteiger charge is -2.33. The van der Waals surface area contributed by atoms with E-state index in [9.17, 15) is 23.7 Å². The van der Waals surface area contributed by atoms with Crippen LogP contribution in [-0.4, -0.2) is 69.4 Å². The standard InChI is InChI=1S/C14H12N2O5.C4H11O4P/c17-7-15-11(18)6-5-10(14(15)21)16-12(19)8-3-1-2-4-9(8)13(16)20;1-3-7-9(5,6)8-4-2/h1-4,10,17H,5-7H2;3-4H2,1-2H3,(H,5,6). The molecule has 3 rings (SSSR count). The predicted molar refractivity (Wildman–Crippen MR) is 102 cm³/mol. The zero-order valence-electron chi connectivity index (χ0n) is 16.5. The second-order valence-corrected chi connectivity index (χ2v) is 7.64. The van der Waals surface area contributed by atoms with E-state index in [1.165, 1.54) is 12.1 Å². The molecule has 2 heterocycles. The highest BCUT2D eigenvalue weighted by atomic mass is 31.2. The van der Waals surface area contributed by atoms with Crippen molar-refractivity contribution in [3.63, 3.8) is 0 Å². The van der Waals surface area contributed by atoms with E-state index in [4.69, 9.17) is 10.00 Å². The summed E-state index contributed by atoms with van der Waals surface area (Å²) in [6.07, 6.45) is 0.0873. The maximum Gasteiger partial charge on any atom is 0.472 e. The van der Waals surface area contributed by atoms with Gasteiger partial charge in [0.2, 0.25) is 5.91 Å². The Labute approximate surface area is 172 Å².